The number of benzene rings is 3. The van der Waals surface area contributed by atoms with Crippen molar-refractivity contribution in [3.8, 4) is 21.7 Å². The first kappa shape index (κ1) is 21.9. The number of aryl methyl sites for hydroxylation is 2. The summed E-state index contributed by atoms with van der Waals surface area (Å²) in [7, 11) is 0. The highest BCUT2D eigenvalue weighted by atomic mass is 32.1. The van der Waals surface area contributed by atoms with Gasteiger partial charge in [-0.25, -0.2) is 0 Å². The molecule has 1 amide bonds. The average molecular weight is 485 g/mol. The van der Waals surface area contributed by atoms with Crippen LogP contribution in [0.4, 0.5) is 5.69 Å². The zero-order chi connectivity index (χ0) is 23.7. The summed E-state index contributed by atoms with van der Waals surface area (Å²) in [5, 5.41) is 19.7. The minimum Gasteiger partial charge on any atom is -0.332 e. The van der Waals surface area contributed by atoms with E-state index in [1.165, 1.54) is 11.3 Å². The van der Waals surface area contributed by atoms with Crippen molar-refractivity contribution in [3.05, 3.63) is 89.7 Å². The number of anilines is 1. The maximum atomic E-state index is 12.7. The highest BCUT2D eigenvalue weighted by molar-refractivity contribution is 7.80. The van der Waals surface area contributed by atoms with Gasteiger partial charge in [-0.1, -0.05) is 65.9 Å². The van der Waals surface area contributed by atoms with Crippen LogP contribution >= 0.6 is 23.6 Å². The molecule has 0 bridgehead atoms. The molecule has 34 heavy (non-hydrogen) atoms. The van der Waals surface area contributed by atoms with Crippen LogP contribution in [-0.4, -0.2) is 30.8 Å². The third kappa shape index (κ3) is 4.43. The summed E-state index contributed by atoms with van der Waals surface area (Å²) >= 11 is 6.87. The van der Waals surface area contributed by atoms with Gasteiger partial charge in [0.05, 0.1) is 0 Å². The Morgan fingerprint density at radius 3 is 2.35 bits per heavy atom. The molecule has 5 aromatic rings. The summed E-state index contributed by atoms with van der Waals surface area (Å²) < 4.78 is 1.72. The van der Waals surface area contributed by atoms with Crippen LogP contribution in [0.2, 0.25) is 0 Å². The Kier molecular flexibility index (Phi) is 5.87. The Morgan fingerprint density at radius 2 is 1.62 bits per heavy atom. The summed E-state index contributed by atoms with van der Waals surface area (Å²) in [5.41, 5.74) is 5.39. The van der Waals surface area contributed by atoms with Crippen molar-refractivity contribution in [1.82, 2.24) is 25.1 Å². The number of thiocarbonyl (C=S) groups is 1. The zero-order valence-corrected chi connectivity index (χ0v) is 20.1. The van der Waals surface area contributed by atoms with Gasteiger partial charge in [-0.15, -0.1) is 10.2 Å². The first-order chi connectivity index (χ1) is 16.5. The monoisotopic (exact) mass is 484 g/mol. The van der Waals surface area contributed by atoms with Crippen molar-refractivity contribution in [1.29, 1.82) is 0 Å². The molecule has 168 valence electrons. The average Bonchev–Trinajstić information content (AvgIpc) is 3.43. The fourth-order valence-electron chi connectivity index (χ4n) is 3.49. The van der Waals surface area contributed by atoms with Gasteiger partial charge in [0.1, 0.15) is 5.01 Å². The molecule has 0 atom stereocenters. The number of amides is 1. The maximum absolute atomic E-state index is 12.7. The second-order valence-electron chi connectivity index (χ2n) is 7.73. The second-order valence-corrected chi connectivity index (χ2v) is 9.09. The minimum atomic E-state index is -0.268. The van der Waals surface area contributed by atoms with E-state index in [0.717, 1.165) is 43.7 Å². The summed E-state index contributed by atoms with van der Waals surface area (Å²) in [4.78, 5) is 13.4. The van der Waals surface area contributed by atoms with Crippen molar-refractivity contribution >= 4 is 45.2 Å². The first-order valence-electron chi connectivity index (χ1n) is 10.6. The number of aromatic nitrogens is 4. The molecule has 0 saturated carbocycles. The Morgan fingerprint density at radius 1 is 0.912 bits per heavy atom. The van der Waals surface area contributed by atoms with E-state index in [1.54, 1.807) is 16.6 Å². The van der Waals surface area contributed by atoms with Crippen molar-refractivity contribution in [2.75, 3.05) is 5.32 Å². The molecular weight excluding hydrogens is 464 g/mol. The van der Waals surface area contributed by atoms with Crippen LogP contribution in [0.25, 0.3) is 26.7 Å². The summed E-state index contributed by atoms with van der Waals surface area (Å²) in [5.74, 6) is 0.471. The predicted octanol–water partition coefficient (Wildman–Crippen LogP) is 5.26. The molecule has 0 aliphatic heterocycles. The van der Waals surface area contributed by atoms with E-state index in [4.69, 9.17) is 12.2 Å². The molecule has 0 aliphatic rings. The van der Waals surface area contributed by atoms with Gasteiger partial charge in [0.2, 0.25) is 4.96 Å². The Labute approximate surface area is 205 Å². The SMILES string of the molecule is Cc1ccc(-c2nn3c(C)nnc3s2)cc1NC(=S)NC(=O)c1ccc(-c2ccccc2)cc1. The minimum absolute atomic E-state index is 0.228. The van der Waals surface area contributed by atoms with Crippen molar-refractivity contribution in [2.45, 2.75) is 13.8 Å². The van der Waals surface area contributed by atoms with E-state index in [1.807, 2.05) is 74.5 Å². The first-order valence-corrected chi connectivity index (χ1v) is 11.8. The van der Waals surface area contributed by atoms with Crippen LogP contribution in [0.3, 0.4) is 0 Å². The Bertz CT molecular complexity index is 1510. The quantitative estimate of drug-likeness (QED) is 0.339. The molecule has 0 radical (unpaired) electrons. The van der Waals surface area contributed by atoms with Crippen molar-refractivity contribution < 1.29 is 4.79 Å². The zero-order valence-electron chi connectivity index (χ0n) is 18.4. The summed E-state index contributed by atoms with van der Waals surface area (Å²) in [6.45, 7) is 3.84. The van der Waals surface area contributed by atoms with Gasteiger partial charge in [0.15, 0.2) is 10.9 Å². The molecule has 2 N–H and O–H groups in total. The van der Waals surface area contributed by atoms with E-state index < -0.39 is 0 Å². The molecule has 2 aromatic heterocycles. The normalized spacial score (nSPS) is 10.9. The van der Waals surface area contributed by atoms with Crippen LogP contribution < -0.4 is 10.6 Å². The number of nitrogens with zero attached hydrogens (tertiary/aromatic N) is 4. The molecule has 0 spiro atoms. The third-order valence-electron chi connectivity index (χ3n) is 5.36. The van der Waals surface area contributed by atoms with E-state index in [2.05, 4.69) is 25.9 Å². The standard InChI is InChI=1S/C25H20N6OS2/c1-15-8-9-20(23-30-31-16(2)28-29-25(31)34-23)14-21(15)26-24(33)27-22(32)19-12-10-18(11-13-19)17-6-4-3-5-7-17/h3-14H,1-2H3,(H2,26,27,32,33). The van der Waals surface area contributed by atoms with E-state index in [-0.39, 0.29) is 11.0 Å². The molecule has 3 aromatic carbocycles. The predicted molar refractivity (Wildman–Crippen MR) is 139 cm³/mol. The van der Waals surface area contributed by atoms with Gasteiger partial charge in [0.25, 0.3) is 5.91 Å². The highest BCUT2D eigenvalue weighted by Crippen LogP contribution is 2.29. The Hall–Kier alpha value is -3.95. The van der Waals surface area contributed by atoms with Crippen LogP contribution in [0.5, 0.6) is 0 Å². The molecular formula is C25H20N6OS2. The van der Waals surface area contributed by atoms with Gasteiger partial charge in [-0.3, -0.25) is 10.1 Å². The molecule has 5 rings (SSSR count). The fraction of sp³-hybridized carbons (Fsp3) is 0.0800. The van der Waals surface area contributed by atoms with Gasteiger partial charge in [0, 0.05) is 16.8 Å². The van der Waals surface area contributed by atoms with Crippen LogP contribution in [0, 0.1) is 13.8 Å². The lowest BCUT2D eigenvalue weighted by Crippen LogP contribution is -2.34. The highest BCUT2D eigenvalue weighted by Gasteiger charge is 2.13. The van der Waals surface area contributed by atoms with E-state index >= 15 is 0 Å². The van der Waals surface area contributed by atoms with Gasteiger partial charge in [-0.2, -0.15) is 9.61 Å². The van der Waals surface area contributed by atoms with E-state index in [9.17, 15) is 4.79 Å². The van der Waals surface area contributed by atoms with Crippen LogP contribution in [0.15, 0.2) is 72.8 Å². The van der Waals surface area contributed by atoms with Gasteiger partial charge < -0.3 is 5.32 Å². The van der Waals surface area contributed by atoms with Crippen LogP contribution in [0.1, 0.15) is 21.7 Å². The lowest BCUT2D eigenvalue weighted by atomic mass is 10.0. The number of nitrogens with one attached hydrogen (secondary N) is 2. The fourth-order valence-corrected chi connectivity index (χ4v) is 4.58. The molecule has 9 heteroatoms. The largest absolute Gasteiger partial charge is 0.332 e. The number of carbonyl (C=O) groups excluding carboxylic acids is 1. The molecule has 0 fully saturated rings. The topological polar surface area (TPSA) is 84.2 Å². The summed E-state index contributed by atoms with van der Waals surface area (Å²) in [6.07, 6.45) is 0. The summed E-state index contributed by atoms with van der Waals surface area (Å²) in [6, 6.07) is 23.4. The van der Waals surface area contributed by atoms with Crippen LogP contribution in [-0.2, 0) is 0 Å². The molecule has 0 unspecified atom stereocenters. The maximum Gasteiger partial charge on any atom is 0.257 e. The number of fused-ring (bicyclic) bond motifs is 1. The second kappa shape index (κ2) is 9.12. The number of hydrogen-bond acceptors (Lipinski definition) is 6. The third-order valence-corrected chi connectivity index (χ3v) is 6.51. The molecule has 0 aliphatic carbocycles. The molecule has 2 heterocycles. The van der Waals surface area contributed by atoms with Gasteiger partial charge >= 0.3 is 0 Å². The van der Waals surface area contributed by atoms with Crippen molar-refractivity contribution in [2.24, 2.45) is 0 Å². The number of hydrogen-bond donors (Lipinski definition) is 2. The lowest BCUT2D eigenvalue weighted by Gasteiger charge is -2.13. The smallest absolute Gasteiger partial charge is 0.257 e. The molecule has 0 saturated heterocycles. The number of carbonyl (C=O) groups is 1. The lowest BCUT2D eigenvalue weighted by molar-refractivity contribution is 0.0977. The van der Waals surface area contributed by atoms with E-state index in [0.29, 0.717) is 5.56 Å². The molecule has 7 nitrogen and oxygen atoms in total. The Balaban J connectivity index is 1.28. The van der Waals surface area contributed by atoms with Crippen molar-refractivity contribution in [3.63, 3.8) is 0 Å². The number of rotatable bonds is 4. The van der Waals surface area contributed by atoms with Gasteiger partial charge in [-0.05, 0) is 61.0 Å².